The molecule has 4 aliphatic carbocycles. The van der Waals surface area contributed by atoms with Crippen molar-refractivity contribution in [1.82, 2.24) is 0 Å². The molecular formula is C51H47NO2. The Morgan fingerprint density at radius 2 is 1.54 bits per heavy atom. The molecule has 0 saturated carbocycles. The lowest BCUT2D eigenvalue weighted by molar-refractivity contribution is 0.241. The first-order valence-corrected chi connectivity index (χ1v) is 20.0. The van der Waals surface area contributed by atoms with Gasteiger partial charge in [0.1, 0.15) is 23.5 Å². The van der Waals surface area contributed by atoms with Crippen LogP contribution in [0.5, 0.6) is 0 Å². The lowest BCUT2D eigenvalue weighted by atomic mass is 9.73. The van der Waals surface area contributed by atoms with Gasteiger partial charge in [-0.25, -0.2) is 0 Å². The maximum absolute atomic E-state index is 6.50. The second-order valence-electron chi connectivity index (χ2n) is 16.0. The molecular weight excluding hydrogens is 659 g/mol. The van der Waals surface area contributed by atoms with Crippen molar-refractivity contribution in [2.45, 2.75) is 70.3 Å². The van der Waals surface area contributed by atoms with E-state index in [1.807, 2.05) is 6.07 Å². The predicted octanol–water partition coefficient (Wildman–Crippen LogP) is 13.5. The third-order valence-corrected chi connectivity index (χ3v) is 12.6. The molecule has 0 bridgehead atoms. The van der Waals surface area contributed by atoms with Crippen LogP contribution in [-0.4, -0.2) is 12.6 Å². The zero-order valence-electron chi connectivity index (χ0n) is 31.4. The number of para-hydroxylation sites is 2. The van der Waals surface area contributed by atoms with Crippen molar-refractivity contribution in [2.75, 3.05) is 11.5 Å². The van der Waals surface area contributed by atoms with Crippen molar-refractivity contribution in [3.05, 3.63) is 179 Å². The molecule has 5 aromatic rings. The molecule has 0 fully saturated rings. The molecule has 3 nitrogen and oxygen atoms in total. The van der Waals surface area contributed by atoms with Gasteiger partial charge in [0.25, 0.3) is 0 Å². The zero-order chi connectivity index (χ0) is 36.2. The fraction of sp³-hybridized carbons (Fsp3) is 0.255. The first kappa shape index (κ1) is 33.1. The third-order valence-electron chi connectivity index (χ3n) is 12.6. The number of rotatable bonds is 6. The Labute approximate surface area is 319 Å². The van der Waals surface area contributed by atoms with Gasteiger partial charge in [0.05, 0.1) is 6.04 Å². The van der Waals surface area contributed by atoms with Crippen LogP contribution in [0.4, 0.5) is 11.4 Å². The number of hydrogen-bond donors (Lipinski definition) is 0. The maximum atomic E-state index is 6.50. The van der Waals surface area contributed by atoms with E-state index in [-0.39, 0.29) is 17.4 Å². The van der Waals surface area contributed by atoms with E-state index < -0.39 is 0 Å². The molecule has 0 saturated heterocycles. The van der Waals surface area contributed by atoms with Gasteiger partial charge in [-0.15, -0.1) is 0 Å². The smallest absolute Gasteiger partial charge is 0.143 e. The van der Waals surface area contributed by atoms with E-state index >= 15 is 0 Å². The van der Waals surface area contributed by atoms with E-state index in [1.54, 1.807) is 0 Å². The molecule has 268 valence electrons. The topological polar surface area (TPSA) is 25.6 Å². The molecule has 10 rings (SSSR count). The lowest BCUT2D eigenvalue weighted by Crippen LogP contribution is -2.35. The zero-order valence-corrected chi connectivity index (χ0v) is 31.4. The Morgan fingerprint density at radius 1 is 0.741 bits per heavy atom. The van der Waals surface area contributed by atoms with Gasteiger partial charge in [-0.3, -0.25) is 0 Å². The number of ether oxygens (including phenoxy) is 1. The molecule has 3 unspecified atom stereocenters. The highest BCUT2D eigenvalue weighted by Gasteiger charge is 2.31. The molecule has 1 aromatic heterocycles. The van der Waals surface area contributed by atoms with Gasteiger partial charge < -0.3 is 14.1 Å². The molecule has 54 heavy (non-hydrogen) atoms. The molecule has 5 aliphatic rings. The van der Waals surface area contributed by atoms with Crippen molar-refractivity contribution < 1.29 is 9.15 Å². The quantitative estimate of drug-likeness (QED) is 0.165. The first-order chi connectivity index (χ1) is 26.5. The van der Waals surface area contributed by atoms with Crippen LogP contribution in [0.3, 0.4) is 0 Å². The normalized spacial score (nSPS) is 23.6. The highest BCUT2D eigenvalue weighted by atomic mass is 16.5. The average molecular weight is 706 g/mol. The number of nitrogens with zero attached hydrogens (tertiary/aromatic N) is 1. The highest BCUT2D eigenvalue weighted by Crippen LogP contribution is 2.45. The van der Waals surface area contributed by atoms with Crippen molar-refractivity contribution in [3.63, 3.8) is 0 Å². The van der Waals surface area contributed by atoms with Crippen LogP contribution in [0.1, 0.15) is 75.5 Å². The third kappa shape index (κ3) is 5.64. The van der Waals surface area contributed by atoms with Crippen LogP contribution >= 0.6 is 0 Å². The predicted molar refractivity (Wildman–Crippen MR) is 225 cm³/mol. The molecule has 4 aromatic carbocycles. The number of hydrogen-bond acceptors (Lipinski definition) is 3. The van der Waals surface area contributed by atoms with E-state index in [4.69, 9.17) is 9.15 Å². The Morgan fingerprint density at radius 3 is 2.35 bits per heavy atom. The number of benzene rings is 4. The summed E-state index contributed by atoms with van der Waals surface area (Å²) in [6.07, 6.45) is 26.5. The fourth-order valence-electron chi connectivity index (χ4n) is 9.60. The molecule has 0 N–H and O–H groups in total. The summed E-state index contributed by atoms with van der Waals surface area (Å²) in [7, 11) is 0. The van der Waals surface area contributed by atoms with Gasteiger partial charge in [-0.1, -0.05) is 123 Å². The van der Waals surface area contributed by atoms with E-state index in [9.17, 15) is 0 Å². The summed E-state index contributed by atoms with van der Waals surface area (Å²) in [4.78, 5) is 2.54. The average Bonchev–Trinajstić information content (AvgIpc) is 3.61. The van der Waals surface area contributed by atoms with Gasteiger partial charge in [-0.2, -0.15) is 0 Å². The van der Waals surface area contributed by atoms with Gasteiger partial charge in [0.2, 0.25) is 0 Å². The summed E-state index contributed by atoms with van der Waals surface area (Å²) in [5.41, 5.74) is 15.0. The summed E-state index contributed by atoms with van der Waals surface area (Å²) >= 11 is 0. The minimum Gasteiger partial charge on any atom is -0.488 e. The first-order valence-electron chi connectivity index (χ1n) is 20.0. The van der Waals surface area contributed by atoms with Crippen LogP contribution in [0.15, 0.2) is 166 Å². The summed E-state index contributed by atoms with van der Waals surface area (Å²) in [6, 6.07) is 33.8. The second-order valence-corrected chi connectivity index (χ2v) is 16.0. The summed E-state index contributed by atoms with van der Waals surface area (Å²) in [5.74, 6) is 1.34. The molecule has 0 amide bonds. The van der Waals surface area contributed by atoms with Crippen molar-refractivity contribution in [1.29, 1.82) is 0 Å². The monoisotopic (exact) mass is 705 g/mol. The molecule has 1 aliphatic heterocycles. The van der Waals surface area contributed by atoms with Gasteiger partial charge in [-0.05, 0) is 114 Å². The van der Waals surface area contributed by atoms with Crippen LogP contribution in [-0.2, 0) is 10.2 Å². The summed E-state index contributed by atoms with van der Waals surface area (Å²) < 4.78 is 13.0. The van der Waals surface area contributed by atoms with E-state index in [1.165, 1.54) is 62.2 Å². The Bertz CT molecular complexity index is 2500. The minimum atomic E-state index is 0.131. The number of anilines is 2. The Balaban J connectivity index is 1.01. The Hall–Kier alpha value is -5.54. The molecule has 0 radical (unpaired) electrons. The number of fused-ring (bicyclic) bond motifs is 5. The van der Waals surface area contributed by atoms with E-state index in [0.29, 0.717) is 6.61 Å². The SMILES string of the molecule is CC1C=C(c2cccc3c2oc2ccccc23)C=CC1N(c1ccc(C2=C3OCC4=C(CCC=C4)C3=CCC2)cc1)c1ccc(C2(C)CC=CCC2)cc1. The van der Waals surface area contributed by atoms with Crippen LogP contribution < -0.4 is 4.90 Å². The lowest BCUT2D eigenvalue weighted by Gasteiger charge is -2.38. The fourth-order valence-corrected chi connectivity index (χ4v) is 9.60. The summed E-state index contributed by atoms with van der Waals surface area (Å²) in [5, 5.41) is 2.33. The molecule has 3 atom stereocenters. The number of furan rings is 1. The largest absolute Gasteiger partial charge is 0.488 e. The van der Waals surface area contributed by atoms with Crippen LogP contribution in [0.25, 0.3) is 33.1 Å². The van der Waals surface area contributed by atoms with Crippen molar-refractivity contribution >= 4 is 44.5 Å². The number of allylic oxidation sites excluding steroid dienone is 8. The molecule has 2 heterocycles. The summed E-state index contributed by atoms with van der Waals surface area (Å²) in [6.45, 7) is 5.44. The van der Waals surface area contributed by atoms with E-state index in [2.05, 4.69) is 152 Å². The Kier molecular flexibility index (Phi) is 8.20. The maximum Gasteiger partial charge on any atom is 0.143 e. The van der Waals surface area contributed by atoms with Crippen LogP contribution in [0.2, 0.25) is 0 Å². The second kappa shape index (κ2) is 13.4. The van der Waals surface area contributed by atoms with Gasteiger partial charge in [0.15, 0.2) is 0 Å². The standard InChI is InChI=1S/C51H47NO2/c1-34-32-36(43-16-11-18-46-44-14-6-7-19-48(44)54-50(43)46)22-29-47(34)52(40-27-23-38(24-28-40)51(2)30-8-3-9-31-51)39-25-20-35(21-26-39)42-15-10-17-45-41-13-5-4-12-37(41)33-53-49(42)45/h3-4,6-8,11-12,14,16-29,32,34,47H,5,9-10,13,15,30-31,33H2,1-2H3. The van der Waals surface area contributed by atoms with E-state index in [0.717, 1.165) is 66.4 Å². The van der Waals surface area contributed by atoms with Crippen molar-refractivity contribution in [3.8, 4) is 0 Å². The van der Waals surface area contributed by atoms with Crippen LogP contribution in [0, 0.1) is 5.92 Å². The van der Waals surface area contributed by atoms with Gasteiger partial charge in [0, 0.05) is 38.9 Å². The molecule has 3 heteroatoms. The van der Waals surface area contributed by atoms with Crippen molar-refractivity contribution in [2.24, 2.45) is 5.92 Å². The van der Waals surface area contributed by atoms with Gasteiger partial charge >= 0.3 is 0 Å². The molecule has 0 spiro atoms. The highest BCUT2D eigenvalue weighted by molar-refractivity contribution is 6.08. The minimum absolute atomic E-state index is 0.131.